The molecule has 2 aliphatic heterocycles. The second-order valence-electron chi connectivity index (χ2n) is 6.62. The Morgan fingerprint density at radius 2 is 1.96 bits per heavy atom. The summed E-state index contributed by atoms with van der Waals surface area (Å²) in [4.78, 5) is 14.7. The molecule has 0 saturated carbocycles. The van der Waals surface area contributed by atoms with Crippen LogP contribution in [0.15, 0.2) is 18.2 Å². The summed E-state index contributed by atoms with van der Waals surface area (Å²) in [6, 6.07) is 4.99. The molecule has 6 heteroatoms. The SMILES string of the molecule is Cc1cc(C2CC(C(=O)N3C(C)COCC3C)NN2)ccc1F. The standard InChI is InChI=1S/C17H24FN3O2/c1-10-6-13(4-5-14(10)18)15-7-16(20-19-15)17(22)21-11(2)8-23-9-12(21)3/h4-6,11-12,15-16,19-20H,7-9H2,1-3H3. The summed E-state index contributed by atoms with van der Waals surface area (Å²) in [5, 5.41) is 0. The van der Waals surface area contributed by atoms with Crippen LogP contribution in [0.1, 0.15) is 37.4 Å². The van der Waals surface area contributed by atoms with E-state index in [2.05, 4.69) is 10.9 Å². The number of aryl methyl sites for hydroxylation is 1. The van der Waals surface area contributed by atoms with Crippen LogP contribution in [0.3, 0.4) is 0 Å². The number of carbonyl (C=O) groups excluding carboxylic acids is 1. The van der Waals surface area contributed by atoms with E-state index in [0.29, 0.717) is 25.2 Å². The van der Waals surface area contributed by atoms with Crippen molar-refractivity contribution in [2.45, 2.75) is 51.4 Å². The first kappa shape index (κ1) is 16.4. The van der Waals surface area contributed by atoms with E-state index in [9.17, 15) is 9.18 Å². The van der Waals surface area contributed by atoms with E-state index in [0.717, 1.165) is 5.56 Å². The van der Waals surface area contributed by atoms with Gasteiger partial charge in [0.05, 0.1) is 25.3 Å². The highest BCUT2D eigenvalue weighted by Crippen LogP contribution is 2.26. The van der Waals surface area contributed by atoms with Crippen LogP contribution in [0, 0.1) is 12.7 Å². The number of carbonyl (C=O) groups is 1. The van der Waals surface area contributed by atoms with Gasteiger partial charge in [0.1, 0.15) is 11.9 Å². The van der Waals surface area contributed by atoms with Gasteiger partial charge in [-0.2, -0.15) is 0 Å². The lowest BCUT2D eigenvalue weighted by Crippen LogP contribution is -2.57. The summed E-state index contributed by atoms with van der Waals surface area (Å²) in [5.41, 5.74) is 7.88. The number of amides is 1. The van der Waals surface area contributed by atoms with Crippen LogP contribution in [0.25, 0.3) is 0 Å². The first-order valence-electron chi connectivity index (χ1n) is 8.14. The molecule has 2 heterocycles. The van der Waals surface area contributed by atoms with Crippen molar-refractivity contribution in [3.63, 3.8) is 0 Å². The number of rotatable bonds is 2. The molecule has 0 radical (unpaired) electrons. The number of morpholine rings is 1. The van der Waals surface area contributed by atoms with Gasteiger partial charge >= 0.3 is 0 Å². The zero-order valence-electron chi connectivity index (χ0n) is 13.8. The Morgan fingerprint density at radius 1 is 1.26 bits per heavy atom. The van der Waals surface area contributed by atoms with Crippen molar-refractivity contribution in [1.82, 2.24) is 15.8 Å². The minimum Gasteiger partial charge on any atom is -0.377 e. The first-order valence-corrected chi connectivity index (χ1v) is 8.14. The number of nitrogens with zero attached hydrogens (tertiary/aromatic N) is 1. The van der Waals surface area contributed by atoms with Crippen LogP contribution in [-0.4, -0.2) is 42.1 Å². The summed E-state index contributed by atoms with van der Waals surface area (Å²) in [6.45, 7) is 6.93. The number of benzene rings is 1. The Kier molecular flexibility index (Phi) is 4.66. The summed E-state index contributed by atoms with van der Waals surface area (Å²) in [6.07, 6.45) is 0.653. The number of hydrazine groups is 1. The fourth-order valence-electron chi connectivity index (χ4n) is 3.44. The third-order valence-electron chi connectivity index (χ3n) is 4.71. The van der Waals surface area contributed by atoms with Crippen LogP contribution in [-0.2, 0) is 9.53 Å². The van der Waals surface area contributed by atoms with Crippen molar-refractivity contribution in [1.29, 1.82) is 0 Å². The lowest BCUT2D eigenvalue weighted by molar-refractivity contribution is -0.146. The smallest absolute Gasteiger partial charge is 0.241 e. The molecule has 4 atom stereocenters. The maximum absolute atomic E-state index is 13.4. The monoisotopic (exact) mass is 321 g/mol. The van der Waals surface area contributed by atoms with E-state index in [-0.39, 0.29) is 35.9 Å². The lowest BCUT2D eigenvalue weighted by Gasteiger charge is -2.40. The molecule has 2 saturated heterocycles. The van der Waals surface area contributed by atoms with Crippen molar-refractivity contribution >= 4 is 5.91 Å². The lowest BCUT2D eigenvalue weighted by atomic mass is 9.99. The third kappa shape index (κ3) is 3.24. The zero-order valence-corrected chi connectivity index (χ0v) is 13.8. The summed E-state index contributed by atoms with van der Waals surface area (Å²) in [7, 11) is 0. The van der Waals surface area contributed by atoms with Gasteiger partial charge in [-0.3, -0.25) is 4.79 Å². The molecule has 0 aliphatic carbocycles. The normalized spacial score (nSPS) is 31.4. The maximum Gasteiger partial charge on any atom is 0.241 e. The zero-order chi connectivity index (χ0) is 16.6. The molecule has 0 aromatic heterocycles. The second-order valence-corrected chi connectivity index (χ2v) is 6.62. The fraction of sp³-hybridized carbons (Fsp3) is 0.588. The predicted molar refractivity (Wildman–Crippen MR) is 85.1 cm³/mol. The average Bonchev–Trinajstić information content (AvgIpc) is 2.99. The summed E-state index contributed by atoms with van der Waals surface area (Å²) < 4.78 is 18.9. The fourth-order valence-corrected chi connectivity index (χ4v) is 3.44. The Bertz CT molecular complexity index is 585. The largest absolute Gasteiger partial charge is 0.377 e. The van der Waals surface area contributed by atoms with Crippen molar-refractivity contribution in [2.75, 3.05) is 13.2 Å². The molecule has 23 heavy (non-hydrogen) atoms. The van der Waals surface area contributed by atoms with Gasteiger partial charge in [-0.1, -0.05) is 12.1 Å². The number of halogens is 1. The summed E-state index contributed by atoms with van der Waals surface area (Å²) >= 11 is 0. The molecule has 3 rings (SSSR count). The molecule has 1 amide bonds. The molecular formula is C17H24FN3O2. The Labute approximate surface area is 136 Å². The van der Waals surface area contributed by atoms with E-state index in [1.54, 1.807) is 13.0 Å². The highest BCUT2D eigenvalue weighted by atomic mass is 19.1. The molecule has 0 spiro atoms. The van der Waals surface area contributed by atoms with E-state index in [1.807, 2.05) is 24.8 Å². The Hall–Kier alpha value is -1.50. The molecule has 2 N–H and O–H groups in total. The number of nitrogens with one attached hydrogen (secondary N) is 2. The molecular weight excluding hydrogens is 297 g/mol. The Morgan fingerprint density at radius 3 is 2.61 bits per heavy atom. The van der Waals surface area contributed by atoms with Gasteiger partial charge in [0.2, 0.25) is 5.91 Å². The van der Waals surface area contributed by atoms with E-state index >= 15 is 0 Å². The molecule has 5 nitrogen and oxygen atoms in total. The molecule has 126 valence electrons. The molecule has 2 aliphatic rings. The highest BCUT2D eigenvalue weighted by Gasteiger charge is 2.38. The molecule has 2 fully saturated rings. The van der Waals surface area contributed by atoms with Crippen molar-refractivity contribution < 1.29 is 13.9 Å². The molecule has 4 unspecified atom stereocenters. The predicted octanol–water partition coefficient (Wildman–Crippen LogP) is 1.68. The van der Waals surface area contributed by atoms with Crippen molar-refractivity contribution in [3.8, 4) is 0 Å². The minimum absolute atomic E-state index is 0.00917. The van der Waals surface area contributed by atoms with Crippen molar-refractivity contribution in [3.05, 3.63) is 35.1 Å². The van der Waals surface area contributed by atoms with E-state index in [1.165, 1.54) is 6.07 Å². The van der Waals surface area contributed by atoms with Gasteiger partial charge in [0, 0.05) is 6.04 Å². The number of hydrogen-bond donors (Lipinski definition) is 2. The van der Waals surface area contributed by atoms with Gasteiger partial charge in [-0.05, 0) is 44.4 Å². The average molecular weight is 321 g/mol. The quantitative estimate of drug-likeness (QED) is 0.870. The second kappa shape index (κ2) is 6.55. The van der Waals surface area contributed by atoms with Gasteiger partial charge in [-0.25, -0.2) is 15.2 Å². The van der Waals surface area contributed by atoms with Crippen LogP contribution in [0.2, 0.25) is 0 Å². The molecule has 1 aromatic carbocycles. The first-order chi connectivity index (χ1) is 11.0. The third-order valence-corrected chi connectivity index (χ3v) is 4.71. The number of hydrogen-bond acceptors (Lipinski definition) is 4. The van der Waals surface area contributed by atoms with Gasteiger partial charge in [0.15, 0.2) is 0 Å². The van der Waals surface area contributed by atoms with Gasteiger partial charge < -0.3 is 9.64 Å². The number of ether oxygens (including phenoxy) is 1. The highest BCUT2D eigenvalue weighted by molar-refractivity contribution is 5.83. The van der Waals surface area contributed by atoms with Crippen LogP contribution in [0.4, 0.5) is 4.39 Å². The van der Waals surface area contributed by atoms with E-state index in [4.69, 9.17) is 4.74 Å². The minimum atomic E-state index is -0.270. The van der Waals surface area contributed by atoms with Crippen LogP contribution in [0.5, 0.6) is 0 Å². The molecule has 0 bridgehead atoms. The topological polar surface area (TPSA) is 53.6 Å². The summed E-state index contributed by atoms with van der Waals surface area (Å²) in [5.74, 6) is -0.106. The van der Waals surface area contributed by atoms with E-state index < -0.39 is 0 Å². The molecule has 1 aromatic rings. The van der Waals surface area contributed by atoms with Crippen molar-refractivity contribution in [2.24, 2.45) is 0 Å². The Balaban J connectivity index is 1.69. The maximum atomic E-state index is 13.4. The van der Waals surface area contributed by atoms with Crippen LogP contribution < -0.4 is 10.9 Å². The van der Waals surface area contributed by atoms with Crippen LogP contribution >= 0.6 is 0 Å². The van der Waals surface area contributed by atoms with Gasteiger partial charge in [-0.15, -0.1) is 0 Å². The van der Waals surface area contributed by atoms with Gasteiger partial charge in [0.25, 0.3) is 0 Å².